The van der Waals surface area contributed by atoms with Crippen LogP contribution < -0.4 is 5.32 Å². The lowest BCUT2D eigenvalue weighted by Gasteiger charge is -2.10. The van der Waals surface area contributed by atoms with Gasteiger partial charge >= 0.3 is 5.97 Å². The highest BCUT2D eigenvalue weighted by Gasteiger charge is 2.20. The zero-order valence-corrected chi connectivity index (χ0v) is 8.65. The number of rotatable bonds is 4. The fourth-order valence-electron chi connectivity index (χ4n) is 1.24. The second-order valence-electron chi connectivity index (χ2n) is 2.87. The third-order valence-corrected chi connectivity index (χ3v) is 2.04. The summed E-state index contributed by atoms with van der Waals surface area (Å²) in [6.45, 7) is 2.78. The van der Waals surface area contributed by atoms with E-state index >= 15 is 0 Å². The summed E-state index contributed by atoms with van der Waals surface area (Å²) in [6.07, 6.45) is 3.50. The fraction of sp³-hybridized carbons (Fsp3) is 0.556. The molecule has 0 aliphatic heterocycles. The first-order valence-corrected chi connectivity index (χ1v) is 4.50. The summed E-state index contributed by atoms with van der Waals surface area (Å²) in [5.41, 5.74) is 0.821. The normalized spacial score (nSPS) is 12.5. The molecule has 1 rings (SSSR count). The van der Waals surface area contributed by atoms with Crippen molar-refractivity contribution in [1.82, 2.24) is 15.1 Å². The van der Waals surface area contributed by atoms with Crippen molar-refractivity contribution in [2.45, 2.75) is 19.5 Å². The maximum absolute atomic E-state index is 11.3. The van der Waals surface area contributed by atoms with Gasteiger partial charge in [-0.2, -0.15) is 5.10 Å². The lowest BCUT2D eigenvalue weighted by Crippen LogP contribution is -2.26. The molecule has 1 aromatic rings. The van der Waals surface area contributed by atoms with E-state index in [0.717, 1.165) is 12.1 Å². The molecule has 1 heterocycles. The first-order chi connectivity index (χ1) is 6.72. The van der Waals surface area contributed by atoms with Gasteiger partial charge in [0.2, 0.25) is 0 Å². The highest BCUT2D eigenvalue weighted by atomic mass is 16.5. The number of carbonyl (C=O) groups excluding carboxylic acids is 1. The largest absolute Gasteiger partial charge is 0.468 e. The van der Waals surface area contributed by atoms with Crippen LogP contribution in [0.25, 0.3) is 0 Å². The van der Waals surface area contributed by atoms with Crippen molar-refractivity contribution in [3.05, 3.63) is 18.0 Å². The molecule has 0 aliphatic carbocycles. The molecular formula is C9H15N3O2. The van der Waals surface area contributed by atoms with Gasteiger partial charge in [-0.05, 0) is 14.0 Å². The molecule has 78 valence electrons. The minimum atomic E-state index is -0.430. The van der Waals surface area contributed by atoms with Crippen LogP contribution in [0, 0.1) is 0 Å². The second-order valence-corrected chi connectivity index (χ2v) is 2.87. The Balaban J connectivity index is 2.83. The number of esters is 1. The average Bonchev–Trinajstić information content (AvgIpc) is 2.67. The Morgan fingerprint density at radius 1 is 1.79 bits per heavy atom. The van der Waals surface area contributed by atoms with Crippen molar-refractivity contribution in [2.75, 3.05) is 14.2 Å². The maximum atomic E-state index is 11.3. The standard InChI is InChI=1S/C9H15N3O2/c1-4-12-6-7(5-11-12)8(10-2)9(13)14-3/h5-6,8,10H,4H2,1-3H3. The molecular weight excluding hydrogens is 182 g/mol. The number of ether oxygens (including phenoxy) is 1. The molecule has 0 fully saturated rings. The number of nitrogens with one attached hydrogen (secondary N) is 1. The molecule has 0 aromatic carbocycles. The lowest BCUT2D eigenvalue weighted by molar-refractivity contribution is -0.143. The van der Waals surface area contributed by atoms with E-state index in [1.165, 1.54) is 7.11 Å². The molecule has 0 aliphatic rings. The number of methoxy groups -OCH3 is 1. The Morgan fingerprint density at radius 3 is 2.93 bits per heavy atom. The van der Waals surface area contributed by atoms with Crippen LogP contribution >= 0.6 is 0 Å². The average molecular weight is 197 g/mol. The number of likely N-dealkylation sites (N-methyl/N-ethyl adjacent to an activating group) is 1. The van der Waals surface area contributed by atoms with Gasteiger partial charge in [-0.1, -0.05) is 0 Å². The highest BCUT2D eigenvalue weighted by molar-refractivity contribution is 5.77. The third kappa shape index (κ3) is 2.11. The smallest absolute Gasteiger partial charge is 0.327 e. The predicted octanol–water partition coefficient (Wildman–Crippen LogP) is 0.336. The summed E-state index contributed by atoms with van der Waals surface area (Å²) in [5.74, 6) is -0.303. The molecule has 0 amide bonds. The summed E-state index contributed by atoms with van der Waals surface area (Å²) < 4.78 is 6.43. The zero-order valence-electron chi connectivity index (χ0n) is 8.65. The van der Waals surface area contributed by atoms with Crippen molar-refractivity contribution >= 4 is 5.97 Å². The summed E-state index contributed by atoms with van der Waals surface area (Å²) in [6, 6.07) is -0.430. The van der Waals surface area contributed by atoms with Crippen molar-refractivity contribution in [3.8, 4) is 0 Å². The Kier molecular flexibility index (Phi) is 3.64. The number of aromatic nitrogens is 2. The minimum Gasteiger partial charge on any atom is -0.468 e. The van der Waals surface area contributed by atoms with Crippen LogP contribution in [0.3, 0.4) is 0 Å². The quantitative estimate of drug-likeness (QED) is 0.707. The van der Waals surface area contributed by atoms with Crippen molar-refractivity contribution in [3.63, 3.8) is 0 Å². The Bertz CT molecular complexity index is 309. The van der Waals surface area contributed by atoms with Gasteiger partial charge in [0.15, 0.2) is 0 Å². The van der Waals surface area contributed by atoms with Gasteiger partial charge in [0.05, 0.1) is 13.3 Å². The van der Waals surface area contributed by atoms with Crippen LogP contribution in [0.5, 0.6) is 0 Å². The molecule has 1 unspecified atom stereocenters. The summed E-state index contributed by atoms with van der Waals surface area (Å²) in [4.78, 5) is 11.3. The minimum absolute atomic E-state index is 0.303. The van der Waals surface area contributed by atoms with Gasteiger partial charge in [-0.3, -0.25) is 4.68 Å². The van der Waals surface area contributed by atoms with Crippen LogP contribution in [0.2, 0.25) is 0 Å². The maximum Gasteiger partial charge on any atom is 0.327 e. The molecule has 0 spiro atoms. The van der Waals surface area contributed by atoms with Gasteiger partial charge in [0, 0.05) is 18.3 Å². The molecule has 0 bridgehead atoms. The zero-order chi connectivity index (χ0) is 10.6. The number of hydrogen-bond acceptors (Lipinski definition) is 4. The first kappa shape index (κ1) is 10.7. The van der Waals surface area contributed by atoms with Gasteiger partial charge in [-0.25, -0.2) is 4.79 Å². The molecule has 14 heavy (non-hydrogen) atoms. The molecule has 5 nitrogen and oxygen atoms in total. The van der Waals surface area contributed by atoms with Crippen LogP contribution in [-0.2, 0) is 16.1 Å². The molecule has 5 heteroatoms. The predicted molar refractivity (Wildman–Crippen MR) is 51.7 cm³/mol. The van der Waals surface area contributed by atoms with Crippen molar-refractivity contribution in [2.24, 2.45) is 0 Å². The van der Waals surface area contributed by atoms with Crippen LogP contribution in [0.1, 0.15) is 18.5 Å². The lowest BCUT2D eigenvalue weighted by atomic mass is 10.2. The van der Waals surface area contributed by atoms with Crippen LogP contribution in [-0.4, -0.2) is 29.9 Å². The molecule has 1 N–H and O–H groups in total. The van der Waals surface area contributed by atoms with Gasteiger partial charge < -0.3 is 10.1 Å². The van der Waals surface area contributed by atoms with Crippen LogP contribution in [0.4, 0.5) is 0 Å². The van der Waals surface area contributed by atoms with E-state index in [9.17, 15) is 4.79 Å². The van der Waals surface area contributed by atoms with E-state index in [-0.39, 0.29) is 5.97 Å². The molecule has 1 aromatic heterocycles. The van der Waals surface area contributed by atoms with Gasteiger partial charge in [0.1, 0.15) is 6.04 Å². The van der Waals surface area contributed by atoms with Gasteiger partial charge in [-0.15, -0.1) is 0 Å². The van der Waals surface area contributed by atoms with E-state index < -0.39 is 6.04 Å². The van der Waals surface area contributed by atoms with Crippen LogP contribution in [0.15, 0.2) is 12.4 Å². The third-order valence-electron chi connectivity index (χ3n) is 2.04. The fourth-order valence-corrected chi connectivity index (χ4v) is 1.24. The van der Waals surface area contributed by atoms with Crippen molar-refractivity contribution in [1.29, 1.82) is 0 Å². The summed E-state index contributed by atoms with van der Waals surface area (Å²) in [7, 11) is 3.09. The summed E-state index contributed by atoms with van der Waals surface area (Å²) in [5, 5.41) is 6.97. The SMILES string of the molecule is CCn1cc(C(NC)C(=O)OC)cn1. The van der Waals surface area contributed by atoms with E-state index in [4.69, 9.17) is 0 Å². The number of aryl methyl sites for hydroxylation is 1. The Hall–Kier alpha value is -1.36. The van der Waals surface area contributed by atoms with Gasteiger partial charge in [0.25, 0.3) is 0 Å². The summed E-state index contributed by atoms with van der Waals surface area (Å²) >= 11 is 0. The first-order valence-electron chi connectivity index (χ1n) is 4.50. The highest BCUT2D eigenvalue weighted by Crippen LogP contribution is 2.12. The molecule has 1 atom stereocenters. The number of hydrogen-bond donors (Lipinski definition) is 1. The second kappa shape index (κ2) is 4.76. The van der Waals surface area contributed by atoms with E-state index in [1.54, 1.807) is 17.9 Å². The molecule has 0 saturated heterocycles. The van der Waals surface area contributed by atoms with Crippen molar-refractivity contribution < 1.29 is 9.53 Å². The Morgan fingerprint density at radius 2 is 2.50 bits per heavy atom. The molecule has 0 radical (unpaired) electrons. The van der Waals surface area contributed by atoms with E-state index in [1.807, 2.05) is 13.1 Å². The van der Waals surface area contributed by atoms with E-state index in [0.29, 0.717) is 0 Å². The van der Waals surface area contributed by atoms with E-state index in [2.05, 4.69) is 15.2 Å². The monoisotopic (exact) mass is 197 g/mol. The Labute approximate surface area is 83.1 Å². The topological polar surface area (TPSA) is 56.2 Å². The molecule has 0 saturated carbocycles. The number of carbonyl (C=O) groups is 1. The number of nitrogens with zero attached hydrogens (tertiary/aromatic N) is 2.